The summed E-state index contributed by atoms with van der Waals surface area (Å²) in [7, 11) is 1.79. The standard InChI is InChI=1S/C15H22F4N2/c1-4-10(2)9-21(3)14(8-20)11-5-12(15(17,18)19)7-13(16)6-11/h5-7,10,14H,4,8-9,20H2,1-3H3. The van der Waals surface area contributed by atoms with E-state index >= 15 is 0 Å². The minimum absolute atomic E-state index is 0.133. The van der Waals surface area contributed by atoms with Crippen molar-refractivity contribution >= 4 is 0 Å². The van der Waals surface area contributed by atoms with Crippen molar-refractivity contribution < 1.29 is 17.6 Å². The summed E-state index contributed by atoms with van der Waals surface area (Å²) in [4.78, 5) is 1.88. The minimum Gasteiger partial charge on any atom is -0.329 e. The fraction of sp³-hybridized carbons (Fsp3) is 0.600. The fourth-order valence-electron chi connectivity index (χ4n) is 2.29. The molecule has 0 aliphatic heterocycles. The van der Waals surface area contributed by atoms with Gasteiger partial charge in [0.05, 0.1) is 5.56 Å². The lowest BCUT2D eigenvalue weighted by molar-refractivity contribution is -0.137. The third kappa shape index (κ3) is 4.97. The van der Waals surface area contributed by atoms with E-state index in [-0.39, 0.29) is 12.1 Å². The molecule has 2 N–H and O–H groups in total. The van der Waals surface area contributed by atoms with Crippen LogP contribution in [-0.4, -0.2) is 25.0 Å². The van der Waals surface area contributed by atoms with E-state index in [2.05, 4.69) is 6.92 Å². The second-order valence-corrected chi connectivity index (χ2v) is 5.48. The van der Waals surface area contributed by atoms with Gasteiger partial charge in [0.1, 0.15) is 5.82 Å². The van der Waals surface area contributed by atoms with E-state index in [9.17, 15) is 17.6 Å². The van der Waals surface area contributed by atoms with Crippen molar-refractivity contribution in [3.63, 3.8) is 0 Å². The van der Waals surface area contributed by atoms with Crippen LogP contribution >= 0.6 is 0 Å². The van der Waals surface area contributed by atoms with Gasteiger partial charge in [0.25, 0.3) is 0 Å². The Morgan fingerprint density at radius 3 is 2.33 bits per heavy atom. The van der Waals surface area contributed by atoms with E-state index in [4.69, 9.17) is 5.73 Å². The average Bonchev–Trinajstić information content (AvgIpc) is 2.37. The summed E-state index contributed by atoms with van der Waals surface area (Å²) < 4.78 is 51.8. The second-order valence-electron chi connectivity index (χ2n) is 5.48. The van der Waals surface area contributed by atoms with Crippen LogP contribution in [-0.2, 0) is 6.18 Å². The highest BCUT2D eigenvalue weighted by molar-refractivity contribution is 5.29. The van der Waals surface area contributed by atoms with Gasteiger partial charge in [-0.15, -0.1) is 0 Å². The quantitative estimate of drug-likeness (QED) is 0.810. The first-order chi connectivity index (χ1) is 9.68. The summed E-state index contributed by atoms with van der Waals surface area (Å²) in [5.74, 6) is -0.505. The molecule has 0 heterocycles. The normalized spacial score (nSPS) is 15.3. The highest BCUT2D eigenvalue weighted by atomic mass is 19.4. The number of alkyl halides is 3. The van der Waals surface area contributed by atoms with Crippen molar-refractivity contribution in [2.24, 2.45) is 11.7 Å². The first-order valence-corrected chi connectivity index (χ1v) is 6.97. The molecule has 0 aromatic heterocycles. The van der Waals surface area contributed by atoms with Gasteiger partial charge in [-0.1, -0.05) is 20.3 Å². The van der Waals surface area contributed by atoms with Crippen LogP contribution in [0.15, 0.2) is 18.2 Å². The van der Waals surface area contributed by atoms with E-state index in [1.807, 2.05) is 11.8 Å². The minimum atomic E-state index is -4.56. The SMILES string of the molecule is CCC(C)CN(C)C(CN)c1cc(F)cc(C(F)(F)F)c1. The van der Waals surface area contributed by atoms with E-state index in [1.54, 1.807) is 7.05 Å². The number of likely N-dealkylation sites (N-methyl/N-ethyl adjacent to an activating group) is 1. The Morgan fingerprint density at radius 1 is 1.24 bits per heavy atom. The molecule has 0 saturated carbocycles. The monoisotopic (exact) mass is 306 g/mol. The van der Waals surface area contributed by atoms with Gasteiger partial charge in [-0.3, -0.25) is 4.90 Å². The third-order valence-electron chi connectivity index (χ3n) is 3.68. The lowest BCUT2D eigenvalue weighted by atomic mass is 10.0. The molecule has 2 nitrogen and oxygen atoms in total. The molecule has 0 amide bonds. The van der Waals surface area contributed by atoms with Gasteiger partial charge in [0.2, 0.25) is 0 Å². The molecule has 0 fully saturated rings. The molecule has 1 aromatic rings. The van der Waals surface area contributed by atoms with Crippen LogP contribution in [0.1, 0.15) is 37.4 Å². The molecular weight excluding hydrogens is 284 g/mol. The van der Waals surface area contributed by atoms with Gasteiger partial charge in [0, 0.05) is 19.1 Å². The smallest absolute Gasteiger partial charge is 0.329 e. The second kappa shape index (κ2) is 7.22. The summed E-state index contributed by atoms with van der Waals surface area (Å²) >= 11 is 0. The van der Waals surface area contributed by atoms with Crippen molar-refractivity contribution in [3.8, 4) is 0 Å². The zero-order valence-electron chi connectivity index (χ0n) is 12.5. The molecular formula is C15H22F4N2. The number of benzene rings is 1. The maximum absolute atomic E-state index is 13.5. The van der Waals surface area contributed by atoms with E-state index in [1.165, 1.54) is 0 Å². The van der Waals surface area contributed by atoms with Crippen molar-refractivity contribution in [3.05, 3.63) is 35.1 Å². The number of nitrogens with zero attached hydrogens (tertiary/aromatic N) is 1. The Hall–Kier alpha value is -1.14. The molecule has 0 spiro atoms. The number of nitrogens with two attached hydrogens (primary N) is 1. The summed E-state index contributed by atoms with van der Waals surface area (Å²) in [6.45, 7) is 4.92. The van der Waals surface area contributed by atoms with Crippen LogP contribution in [0.5, 0.6) is 0 Å². The Balaban J connectivity index is 3.08. The molecule has 0 aliphatic rings. The lowest BCUT2D eigenvalue weighted by Crippen LogP contribution is -2.33. The molecule has 1 aromatic carbocycles. The number of rotatable bonds is 6. The predicted molar refractivity (Wildman–Crippen MR) is 75.3 cm³/mol. The van der Waals surface area contributed by atoms with Crippen LogP contribution in [0.4, 0.5) is 17.6 Å². The number of hydrogen-bond acceptors (Lipinski definition) is 2. The molecule has 0 radical (unpaired) electrons. The van der Waals surface area contributed by atoms with Crippen molar-refractivity contribution in [2.75, 3.05) is 20.1 Å². The highest BCUT2D eigenvalue weighted by Crippen LogP contribution is 2.32. The first-order valence-electron chi connectivity index (χ1n) is 6.97. The summed E-state index contributed by atoms with van der Waals surface area (Å²) in [6, 6.07) is 2.18. The average molecular weight is 306 g/mol. The predicted octanol–water partition coefficient (Wildman–Crippen LogP) is 3.82. The highest BCUT2D eigenvalue weighted by Gasteiger charge is 2.32. The van der Waals surface area contributed by atoms with Gasteiger partial charge < -0.3 is 5.73 Å². The van der Waals surface area contributed by atoms with Crippen molar-refractivity contribution in [1.29, 1.82) is 0 Å². The fourth-order valence-corrected chi connectivity index (χ4v) is 2.29. The van der Waals surface area contributed by atoms with Crippen LogP contribution in [0.25, 0.3) is 0 Å². The van der Waals surface area contributed by atoms with Crippen LogP contribution in [0.2, 0.25) is 0 Å². The molecule has 120 valence electrons. The third-order valence-corrected chi connectivity index (χ3v) is 3.68. The molecule has 0 saturated heterocycles. The van der Waals surface area contributed by atoms with Gasteiger partial charge >= 0.3 is 6.18 Å². The zero-order chi connectivity index (χ0) is 16.2. The largest absolute Gasteiger partial charge is 0.416 e. The van der Waals surface area contributed by atoms with Crippen LogP contribution in [0, 0.1) is 11.7 Å². The first kappa shape index (κ1) is 17.9. The Bertz CT molecular complexity index is 459. The molecule has 6 heteroatoms. The summed E-state index contributed by atoms with van der Waals surface area (Å²) in [5.41, 5.74) is 4.97. The number of halogens is 4. The van der Waals surface area contributed by atoms with E-state index in [0.717, 1.165) is 18.6 Å². The number of hydrogen-bond donors (Lipinski definition) is 1. The van der Waals surface area contributed by atoms with Gasteiger partial charge in [-0.2, -0.15) is 13.2 Å². The molecule has 1 rings (SSSR count). The van der Waals surface area contributed by atoms with Crippen LogP contribution in [0.3, 0.4) is 0 Å². The molecule has 0 bridgehead atoms. The Kier molecular flexibility index (Phi) is 6.16. The summed E-state index contributed by atoms with van der Waals surface area (Å²) in [5, 5.41) is 0. The molecule has 2 atom stereocenters. The van der Waals surface area contributed by atoms with Crippen molar-refractivity contribution in [2.45, 2.75) is 32.5 Å². The molecule has 2 unspecified atom stereocenters. The summed E-state index contributed by atoms with van der Waals surface area (Å²) in [6.07, 6.45) is -3.61. The van der Waals surface area contributed by atoms with Crippen molar-refractivity contribution in [1.82, 2.24) is 4.90 Å². The Morgan fingerprint density at radius 2 is 1.86 bits per heavy atom. The molecule has 21 heavy (non-hydrogen) atoms. The molecule has 0 aliphatic carbocycles. The zero-order valence-corrected chi connectivity index (χ0v) is 12.5. The van der Waals surface area contributed by atoms with Crippen LogP contribution < -0.4 is 5.73 Å². The van der Waals surface area contributed by atoms with E-state index < -0.39 is 23.6 Å². The Labute approximate surface area is 122 Å². The maximum atomic E-state index is 13.5. The lowest BCUT2D eigenvalue weighted by Gasteiger charge is -2.30. The maximum Gasteiger partial charge on any atom is 0.416 e. The van der Waals surface area contributed by atoms with Gasteiger partial charge in [0.15, 0.2) is 0 Å². The van der Waals surface area contributed by atoms with Gasteiger partial charge in [-0.05, 0) is 36.7 Å². The topological polar surface area (TPSA) is 29.3 Å². The van der Waals surface area contributed by atoms with E-state index in [0.29, 0.717) is 18.5 Å². The van der Waals surface area contributed by atoms with Gasteiger partial charge in [-0.25, -0.2) is 4.39 Å².